The Morgan fingerprint density at radius 2 is 2.28 bits per heavy atom. The smallest absolute Gasteiger partial charge is 0.252 e. The zero-order valence-corrected chi connectivity index (χ0v) is 14.8. The maximum atomic E-state index is 13.1. The van der Waals surface area contributed by atoms with Crippen molar-refractivity contribution in [2.75, 3.05) is 26.2 Å². The predicted molar refractivity (Wildman–Crippen MR) is 97.7 cm³/mol. The zero-order valence-electron chi connectivity index (χ0n) is 14.8. The van der Waals surface area contributed by atoms with Crippen LogP contribution in [0.1, 0.15) is 41.4 Å². The number of ether oxygens (including phenoxy) is 1. The number of fused-ring (bicyclic) bond motifs is 2. The summed E-state index contributed by atoms with van der Waals surface area (Å²) >= 11 is 0. The first-order valence-corrected chi connectivity index (χ1v) is 9.29. The maximum absolute atomic E-state index is 13.1. The molecule has 1 aromatic carbocycles. The van der Waals surface area contributed by atoms with Gasteiger partial charge in [0.25, 0.3) is 5.91 Å². The van der Waals surface area contributed by atoms with Gasteiger partial charge in [0.05, 0.1) is 17.2 Å². The molecule has 2 aromatic rings. The average Bonchev–Trinajstić information content (AvgIpc) is 3.17. The van der Waals surface area contributed by atoms with Gasteiger partial charge in [-0.2, -0.15) is 0 Å². The fraction of sp³-hybridized carbons (Fsp3) is 0.500. The molecule has 4 rings (SSSR count). The van der Waals surface area contributed by atoms with E-state index in [9.17, 15) is 4.79 Å². The number of hydrogen-bond acceptors (Lipinski definition) is 4. The number of rotatable bonds is 4. The number of para-hydroxylation sites is 1. The Morgan fingerprint density at radius 3 is 3.08 bits per heavy atom. The number of carbonyl (C=O) groups is 1. The summed E-state index contributed by atoms with van der Waals surface area (Å²) in [7, 11) is 0. The molecule has 1 fully saturated rings. The Bertz CT molecular complexity index is 784. The van der Waals surface area contributed by atoms with E-state index in [1.165, 1.54) is 0 Å². The normalized spacial score (nSPS) is 20.6. The summed E-state index contributed by atoms with van der Waals surface area (Å²) in [4.78, 5) is 20.3. The van der Waals surface area contributed by atoms with Crippen LogP contribution in [0.2, 0.25) is 0 Å². The number of benzene rings is 1. The van der Waals surface area contributed by atoms with Crippen LogP contribution < -0.4 is 5.32 Å². The first-order chi connectivity index (χ1) is 12.3. The molecular formula is C20H25N3O2. The van der Waals surface area contributed by atoms with Gasteiger partial charge < -0.3 is 10.1 Å². The van der Waals surface area contributed by atoms with Gasteiger partial charge >= 0.3 is 0 Å². The molecule has 3 heterocycles. The summed E-state index contributed by atoms with van der Waals surface area (Å²) in [6.07, 6.45) is 3.17. The van der Waals surface area contributed by atoms with Crippen LogP contribution in [0.25, 0.3) is 10.9 Å². The quantitative estimate of drug-likeness (QED) is 0.930. The largest absolute Gasteiger partial charge is 0.376 e. The highest BCUT2D eigenvalue weighted by Gasteiger charge is 2.26. The number of nitrogens with one attached hydrogen (secondary N) is 1. The van der Waals surface area contributed by atoms with E-state index >= 15 is 0 Å². The molecule has 132 valence electrons. The first-order valence-electron chi connectivity index (χ1n) is 9.29. The number of amides is 1. The van der Waals surface area contributed by atoms with Crippen molar-refractivity contribution in [3.05, 3.63) is 41.1 Å². The van der Waals surface area contributed by atoms with Gasteiger partial charge in [0.2, 0.25) is 0 Å². The Balaban J connectivity index is 1.70. The molecule has 2 aliphatic rings. The van der Waals surface area contributed by atoms with Crippen LogP contribution >= 0.6 is 0 Å². The lowest BCUT2D eigenvalue weighted by Gasteiger charge is -2.29. The van der Waals surface area contributed by atoms with Crippen LogP contribution in [0.15, 0.2) is 24.3 Å². The molecule has 0 spiro atoms. The molecule has 2 aliphatic heterocycles. The molecule has 0 radical (unpaired) electrons. The number of nitrogens with zero attached hydrogens (tertiary/aromatic N) is 2. The first kappa shape index (κ1) is 16.5. The highest BCUT2D eigenvalue weighted by atomic mass is 16.5. The van der Waals surface area contributed by atoms with E-state index in [4.69, 9.17) is 9.72 Å². The van der Waals surface area contributed by atoms with E-state index < -0.39 is 0 Å². The molecule has 1 unspecified atom stereocenters. The molecule has 25 heavy (non-hydrogen) atoms. The molecule has 0 aliphatic carbocycles. The van der Waals surface area contributed by atoms with Crippen molar-refractivity contribution in [3.8, 4) is 0 Å². The van der Waals surface area contributed by atoms with Crippen LogP contribution in [-0.2, 0) is 17.7 Å². The third kappa shape index (κ3) is 3.26. The highest BCUT2D eigenvalue weighted by molar-refractivity contribution is 6.07. The van der Waals surface area contributed by atoms with E-state index in [1.54, 1.807) is 0 Å². The standard InChI is InChI=1S/C20H25N3O2/c1-2-23-10-9-18-16(13-23)19(15-7-3-4-8-17(15)22-18)20(24)21-12-14-6-5-11-25-14/h3-4,7-8,14H,2,5-6,9-13H2,1H3,(H,21,24). The lowest BCUT2D eigenvalue weighted by Crippen LogP contribution is -2.36. The summed E-state index contributed by atoms with van der Waals surface area (Å²) in [5.41, 5.74) is 3.88. The van der Waals surface area contributed by atoms with Crippen molar-refractivity contribution in [1.29, 1.82) is 0 Å². The molecule has 1 atom stereocenters. The van der Waals surface area contributed by atoms with Gasteiger partial charge in [-0.05, 0) is 25.5 Å². The van der Waals surface area contributed by atoms with Crippen molar-refractivity contribution in [1.82, 2.24) is 15.2 Å². The molecule has 1 amide bonds. The van der Waals surface area contributed by atoms with Gasteiger partial charge in [-0.3, -0.25) is 14.7 Å². The predicted octanol–water partition coefficient (Wildman–Crippen LogP) is 2.52. The third-order valence-electron chi connectivity index (χ3n) is 5.31. The van der Waals surface area contributed by atoms with Crippen molar-refractivity contribution in [3.63, 3.8) is 0 Å². The van der Waals surface area contributed by atoms with Gasteiger partial charge in [-0.25, -0.2) is 0 Å². The molecule has 0 saturated carbocycles. The molecule has 1 saturated heterocycles. The van der Waals surface area contributed by atoms with Crippen LogP contribution in [0.3, 0.4) is 0 Å². The third-order valence-corrected chi connectivity index (χ3v) is 5.31. The summed E-state index contributed by atoms with van der Waals surface area (Å²) in [5.74, 6) is 0.00306. The second-order valence-electron chi connectivity index (χ2n) is 6.89. The fourth-order valence-electron chi connectivity index (χ4n) is 3.88. The number of hydrogen-bond donors (Lipinski definition) is 1. The van der Waals surface area contributed by atoms with Crippen LogP contribution in [0, 0.1) is 0 Å². The number of pyridine rings is 1. The minimum atomic E-state index is 0.00306. The summed E-state index contributed by atoms with van der Waals surface area (Å²) in [5, 5.41) is 4.05. The van der Waals surface area contributed by atoms with E-state index in [2.05, 4.69) is 17.1 Å². The van der Waals surface area contributed by atoms with Crippen LogP contribution in [0.4, 0.5) is 0 Å². The Kier molecular flexibility index (Phi) is 4.68. The van der Waals surface area contributed by atoms with E-state index in [0.29, 0.717) is 6.54 Å². The number of likely N-dealkylation sites (N-methyl/N-ethyl adjacent to an activating group) is 1. The molecule has 5 heteroatoms. The van der Waals surface area contributed by atoms with Crippen molar-refractivity contribution >= 4 is 16.8 Å². The molecule has 5 nitrogen and oxygen atoms in total. The van der Waals surface area contributed by atoms with Crippen LogP contribution in [0.5, 0.6) is 0 Å². The summed E-state index contributed by atoms with van der Waals surface area (Å²) < 4.78 is 5.64. The number of carbonyl (C=O) groups excluding carboxylic acids is 1. The summed E-state index contributed by atoms with van der Waals surface area (Å²) in [6, 6.07) is 7.97. The van der Waals surface area contributed by atoms with Crippen molar-refractivity contribution in [2.45, 2.75) is 38.8 Å². The Morgan fingerprint density at radius 1 is 1.40 bits per heavy atom. The number of aromatic nitrogens is 1. The highest BCUT2D eigenvalue weighted by Crippen LogP contribution is 2.28. The van der Waals surface area contributed by atoms with Gasteiger partial charge in [-0.1, -0.05) is 25.1 Å². The minimum Gasteiger partial charge on any atom is -0.376 e. The minimum absolute atomic E-state index is 0.00306. The molecular weight excluding hydrogens is 314 g/mol. The zero-order chi connectivity index (χ0) is 17.2. The maximum Gasteiger partial charge on any atom is 0.252 e. The van der Waals surface area contributed by atoms with E-state index in [-0.39, 0.29) is 12.0 Å². The van der Waals surface area contributed by atoms with Crippen molar-refractivity contribution < 1.29 is 9.53 Å². The molecule has 1 N–H and O–H groups in total. The van der Waals surface area contributed by atoms with Gasteiger partial charge in [0.15, 0.2) is 0 Å². The lowest BCUT2D eigenvalue weighted by atomic mass is 9.95. The molecule has 0 bridgehead atoms. The average molecular weight is 339 g/mol. The summed E-state index contributed by atoms with van der Waals surface area (Å²) in [6.45, 7) is 6.35. The second kappa shape index (κ2) is 7.10. The van der Waals surface area contributed by atoms with E-state index in [1.807, 2.05) is 24.3 Å². The van der Waals surface area contributed by atoms with Gasteiger partial charge in [0.1, 0.15) is 0 Å². The topological polar surface area (TPSA) is 54.5 Å². The Hall–Kier alpha value is -1.98. The SMILES string of the molecule is CCN1CCc2nc3ccccc3c(C(=O)NCC3CCCO3)c2C1. The van der Waals surface area contributed by atoms with E-state index in [0.717, 1.165) is 73.2 Å². The van der Waals surface area contributed by atoms with Gasteiger partial charge in [-0.15, -0.1) is 0 Å². The second-order valence-corrected chi connectivity index (χ2v) is 6.89. The molecule has 1 aromatic heterocycles. The van der Waals surface area contributed by atoms with Crippen LogP contribution in [-0.4, -0.2) is 48.1 Å². The fourth-order valence-corrected chi connectivity index (χ4v) is 3.88. The van der Waals surface area contributed by atoms with Gasteiger partial charge in [0, 0.05) is 49.3 Å². The monoisotopic (exact) mass is 339 g/mol. The van der Waals surface area contributed by atoms with Crippen molar-refractivity contribution in [2.24, 2.45) is 0 Å². The Labute approximate surface area is 148 Å². The lowest BCUT2D eigenvalue weighted by molar-refractivity contribution is 0.0857.